The predicted molar refractivity (Wildman–Crippen MR) is 85.7 cm³/mol. The van der Waals surface area contributed by atoms with Crippen molar-refractivity contribution in [1.82, 2.24) is 0 Å². The molecule has 0 bridgehead atoms. The molecular weight excluding hydrogens is 481 g/mol. The Morgan fingerprint density at radius 3 is 1.50 bits per heavy atom. The van der Waals surface area contributed by atoms with E-state index in [1.54, 1.807) is 0 Å². The summed E-state index contributed by atoms with van der Waals surface area (Å²) in [6.45, 7) is 0.0150. The highest BCUT2D eigenvalue weighted by Crippen LogP contribution is 2.62. The fraction of sp³-hybridized carbons (Fsp3) is 0.647. The van der Waals surface area contributed by atoms with Crippen LogP contribution in [0, 0.1) is 5.92 Å². The molecule has 1 rings (SSSR count). The zero-order valence-corrected chi connectivity index (χ0v) is 16.3. The van der Waals surface area contributed by atoms with E-state index in [1.165, 1.54) is 31.1 Å². The van der Waals surface area contributed by atoms with Crippen LogP contribution < -0.4 is 4.90 Å². The van der Waals surface area contributed by atoms with Gasteiger partial charge in [0.25, 0.3) is 0 Å². The van der Waals surface area contributed by atoms with E-state index in [0.717, 1.165) is 12.1 Å². The van der Waals surface area contributed by atoms with Crippen molar-refractivity contribution in [2.45, 2.75) is 48.8 Å². The highest BCUT2D eigenvalue weighted by molar-refractivity contribution is 5.53. The van der Waals surface area contributed by atoms with Crippen molar-refractivity contribution in [3.8, 4) is 0 Å². The van der Waals surface area contributed by atoms with Crippen LogP contribution in [0.5, 0.6) is 0 Å². The van der Waals surface area contributed by atoms with E-state index in [4.69, 9.17) is 0 Å². The molecule has 0 aliphatic carbocycles. The van der Waals surface area contributed by atoms with Gasteiger partial charge in [0.15, 0.2) is 0 Å². The third-order valence-electron chi connectivity index (χ3n) is 4.74. The molecule has 2 nitrogen and oxygen atoms in total. The van der Waals surface area contributed by atoms with Crippen molar-refractivity contribution >= 4 is 5.69 Å². The minimum absolute atomic E-state index is 0.0150. The summed E-state index contributed by atoms with van der Waals surface area (Å²) in [6, 6.07) is 4.49. The Balaban J connectivity index is 3.54. The number of halogens is 13. The average Bonchev–Trinajstić information content (AvgIpc) is 2.65. The molecule has 0 aliphatic rings. The van der Waals surface area contributed by atoms with E-state index < -0.39 is 53.4 Å². The number of aliphatic hydroxyl groups excluding tert-OH is 1. The lowest BCUT2D eigenvalue weighted by Gasteiger charge is -2.42. The summed E-state index contributed by atoms with van der Waals surface area (Å²) >= 11 is 0. The van der Waals surface area contributed by atoms with Crippen LogP contribution in [-0.4, -0.2) is 55.0 Å². The number of aliphatic hydroxyl groups is 1. The molecule has 0 saturated heterocycles. The van der Waals surface area contributed by atoms with Crippen molar-refractivity contribution in [2.24, 2.45) is 5.92 Å². The number of nitrogens with zero attached hydrogens (tertiary/aromatic N) is 1. The number of hydrogen-bond acceptors (Lipinski definition) is 2. The van der Waals surface area contributed by atoms with Gasteiger partial charge in [0, 0.05) is 25.3 Å². The van der Waals surface area contributed by atoms with Crippen molar-refractivity contribution < 1.29 is 62.2 Å². The zero-order chi connectivity index (χ0) is 25.7. The van der Waals surface area contributed by atoms with E-state index in [9.17, 15) is 62.2 Å². The van der Waals surface area contributed by atoms with Crippen LogP contribution >= 0.6 is 0 Å². The first-order valence-electron chi connectivity index (χ1n) is 8.40. The van der Waals surface area contributed by atoms with E-state index >= 15 is 0 Å². The third-order valence-corrected chi connectivity index (χ3v) is 4.74. The SMILES string of the molecule is CC(C(O)c1ccccc1N(C)C)C(F)(F)C(F)(F)C(F)(F)C(F)(F)C(F)(F)C(F)(F)F. The number of alkyl halides is 13. The molecule has 1 aromatic rings. The molecule has 2 atom stereocenters. The summed E-state index contributed by atoms with van der Waals surface area (Å²) in [4.78, 5) is 1.17. The molecule has 0 amide bonds. The van der Waals surface area contributed by atoms with Gasteiger partial charge >= 0.3 is 35.8 Å². The number of hydrogen-bond donors (Lipinski definition) is 1. The number of benzene rings is 1. The summed E-state index contributed by atoms with van der Waals surface area (Å²) in [5.41, 5.74) is -0.650. The highest BCUT2D eigenvalue weighted by atomic mass is 19.4. The van der Waals surface area contributed by atoms with Gasteiger partial charge in [-0.05, 0) is 6.07 Å². The largest absolute Gasteiger partial charge is 0.460 e. The second-order valence-corrected chi connectivity index (χ2v) is 7.11. The number of para-hydroxylation sites is 1. The van der Waals surface area contributed by atoms with Gasteiger partial charge in [0.2, 0.25) is 0 Å². The van der Waals surface area contributed by atoms with Gasteiger partial charge in [0.1, 0.15) is 0 Å². The Morgan fingerprint density at radius 1 is 0.688 bits per heavy atom. The van der Waals surface area contributed by atoms with Gasteiger partial charge in [-0.25, -0.2) is 0 Å². The van der Waals surface area contributed by atoms with Crippen LogP contribution in [0.1, 0.15) is 18.6 Å². The van der Waals surface area contributed by atoms with Crippen LogP contribution in [0.15, 0.2) is 24.3 Å². The molecule has 0 fully saturated rings. The predicted octanol–water partition coefficient (Wildman–Crippen LogP) is 6.16. The van der Waals surface area contributed by atoms with E-state index in [2.05, 4.69) is 0 Å². The van der Waals surface area contributed by atoms with Crippen LogP contribution in [0.2, 0.25) is 0 Å². The Morgan fingerprint density at radius 2 is 1.09 bits per heavy atom. The van der Waals surface area contributed by atoms with Gasteiger partial charge in [-0.2, -0.15) is 57.1 Å². The highest BCUT2D eigenvalue weighted by Gasteiger charge is 2.91. The van der Waals surface area contributed by atoms with Crippen LogP contribution in [0.25, 0.3) is 0 Å². The second kappa shape index (κ2) is 8.13. The molecule has 15 heteroatoms. The minimum Gasteiger partial charge on any atom is -0.388 e. The first-order chi connectivity index (χ1) is 14.0. The Hall–Kier alpha value is -1.93. The maximum atomic E-state index is 14.3. The molecule has 186 valence electrons. The lowest BCUT2D eigenvalue weighted by atomic mass is 9.83. The first kappa shape index (κ1) is 28.1. The van der Waals surface area contributed by atoms with Crippen LogP contribution in [-0.2, 0) is 0 Å². The summed E-state index contributed by atoms with van der Waals surface area (Å²) < 4.78 is 173. The monoisotopic (exact) mass is 497 g/mol. The normalized spacial score (nSPS) is 16.7. The molecule has 0 saturated carbocycles. The second-order valence-electron chi connectivity index (χ2n) is 7.11. The van der Waals surface area contributed by atoms with E-state index in [1.807, 2.05) is 0 Å². The Kier molecular flexibility index (Phi) is 7.14. The van der Waals surface area contributed by atoms with Gasteiger partial charge in [-0.1, -0.05) is 25.1 Å². The minimum atomic E-state index is -7.97. The molecule has 32 heavy (non-hydrogen) atoms. The van der Waals surface area contributed by atoms with E-state index in [0.29, 0.717) is 0 Å². The maximum Gasteiger partial charge on any atom is 0.460 e. The van der Waals surface area contributed by atoms with Gasteiger partial charge in [0.05, 0.1) is 12.0 Å². The zero-order valence-electron chi connectivity index (χ0n) is 16.3. The molecule has 0 radical (unpaired) electrons. The first-order valence-corrected chi connectivity index (χ1v) is 8.40. The van der Waals surface area contributed by atoms with Gasteiger partial charge in [-0.15, -0.1) is 0 Å². The molecule has 2 unspecified atom stereocenters. The maximum absolute atomic E-state index is 14.3. The number of rotatable bonds is 8. The molecule has 1 N–H and O–H groups in total. The molecule has 0 heterocycles. The molecular formula is C17H16F13NO. The quantitative estimate of drug-likeness (QED) is 0.435. The van der Waals surface area contributed by atoms with Crippen LogP contribution in [0.3, 0.4) is 0 Å². The lowest BCUT2D eigenvalue weighted by molar-refractivity contribution is -0.444. The summed E-state index contributed by atoms with van der Waals surface area (Å²) in [5.74, 6) is -40.8. The molecule has 0 aliphatic heterocycles. The Labute approximate surface area is 172 Å². The average molecular weight is 497 g/mol. The molecule has 1 aromatic carbocycles. The van der Waals surface area contributed by atoms with Crippen molar-refractivity contribution in [3.05, 3.63) is 29.8 Å². The third kappa shape index (κ3) is 3.96. The topological polar surface area (TPSA) is 23.5 Å². The van der Waals surface area contributed by atoms with Crippen molar-refractivity contribution in [2.75, 3.05) is 19.0 Å². The lowest BCUT2D eigenvalue weighted by Crippen LogP contribution is -2.71. The molecule has 0 aromatic heterocycles. The summed E-state index contributed by atoms with van der Waals surface area (Å²) in [6.07, 6.45) is -10.2. The van der Waals surface area contributed by atoms with E-state index in [-0.39, 0.29) is 12.6 Å². The van der Waals surface area contributed by atoms with Gasteiger partial charge in [-0.3, -0.25) is 0 Å². The van der Waals surface area contributed by atoms with Crippen molar-refractivity contribution in [1.29, 1.82) is 0 Å². The molecule has 0 spiro atoms. The summed E-state index contributed by atoms with van der Waals surface area (Å²) in [7, 11) is 2.60. The summed E-state index contributed by atoms with van der Waals surface area (Å²) in [5, 5.41) is 10.1. The standard InChI is InChI=1S/C17H16F13NO/c1-8(11(32)9-6-4-5-7-10(9)31(2)3)12(18,19)13(20,21)14(22,23)15(24,25)16(26,27)17(28,29)30/h4-8,11,32H,1-3H3. The fourth-order valence-electron chi connectivity index (χ4n) is 2.68. The fourth-order valence-corrected chi connectivity index (χ4v) is 2.68. The van der Waals surface area contributed by atoms with Crippen molar-refractivity contribution in [3.63, 3.8) is 0 Å². The van der Waals surface area contributed by atoms with Gasteiger partial charge < -0.3 is 10.0 Å². The smallest absolute Gasteiger partial charge is 0.388 e. The Bertz CT molecular complexity index is 804. The number of anilines is 1. The van der Waals surface area contributed by atoms with Crippen LogP contribution in [0.4, 0.5) is 62.8 Å².